The van der Waals surface area contributed by atoms with Crippen LogP contribution in [0.3, 0.4) is 0 Å². The van der Waals surface area contributed by atoms with Gasteiger partial charge < -0.3 is 19.9 Å². The van der Waals surface area contributed by atoms with Gasteiger partial charge in [-0.15, -0.1) is 0 Å². The number of esters is 1. The molecule has 0 unspecified atom stereocenters. The van der Waals surface area contributed by atoms with Crippen molar-refractivity contribution in [3.8, 4) is 0 Å². The Kier molecular flexibility index (Phi) is 8.67. The zero-order chi connectivity index (χ0) is 28.4. The number of nitrogens with one attached hydrogen (secondary N) is 1. The summed E-state index contributed by atoms with van der Waals surface area (Å²) >= 11 is 0. The van der Waals surface area contributed by atoms with E-state index >= 15 is 0 Å². The Balaban J connectivity index is 1.62. The number of amides is 4. The number of hydrogen-bond donors (Lipinski definition) is 1. The Morgan fingerprint density at radius 1 is 1.10 bits per heavy atom. The second-order valence-electron chi connectivity index (χ2n) is 11.3. The number of benzene rings is 1. The minimum atomic E-state index is -0.643. The molecule has 1 saturated heterocycles. The lowest BCUT2D eigenvalue weighted by atomic mass is 9.91. The van der Waals surface area contributed by atoms with Gasteiger partial charge in [0.15, 0.2) is 0 Å². The van der Waals surface area contributed by atoms with Crippen LogP contribution in [0, 0.1) is 25.7 Å². The summed E-state index contributed by atoms with van der Waals surface area (Å²) in [5.74, 6) is -0.519. The Morgan fingerprint density at radius 3 is 2.38 bits per heavy atom. The van der Waals surface area contributed by atoms with Crippen LogP contribution < -0.4 is 5.32 Å². The third kappa shape index (κ3) is 5.68. The molecule has 2 atom stereocenters. The number of aryl methyl sites for hydroxylation is 2. The second-order valence-corrected chi connectivity index (χ2v) is 11.3. The van der Waals surface area contributed by atoms with Gasteiger partial charge in [0.1, 0.15) is 6.04 Å². The maximum absolute atomic E-state index is 14.2. The molecular formula is C30H42N4O5. The number of nitrogens with zero attached hydrogens (tertiary/aromatic N) is 3. The van der Waals surface area contributed by atoms with Gasteiger partial charge in [-0.25, -0.2) is 4.79 Å². The number of hydrogen-bond acceptors (Lipinski definition) is 5. The van der Waals surface area contributed by atoms with E-state index in [2.05, 4.69) is 11.4 Å². The maximum Gasteiger partial charge on any atom is 0.322 e. The molecule has 0 radical (unpaired) electrons. The molecule has 3 heterocycles. The molecule has 4 amide bonds. The highest BCUT2D eigenvalue weighted by Crippen LogP contribution is 2.39. The highest BCUT2D eigenvalue weighted by Gasteiger charge is 2.48. The molecule has 1 aromatic rings. The SMILES string of the molecule is CCOC(=O)C1CCN(C(=O)[C@@H](CC(C)C)N2CC3=C(C2=O)[C@@H](c2ccc(C)cc2C)NC(=O)N3CC)CC1. The number of rotatable bonds is 8. The van der Waals surface area contributed by atoms with E-state index in [1.165, 1.54) is 0 Å². The molecule has 3 aliphatic rings. The van der Waals surface area contributed by atoms with Gasteiger partial charge in [-0.05, 0) is 64.0 Å². The third-order valence-electron chi connectivity index (χ3n) is 8.08. The van der Waals surface area contributed by atoms with Gasteiger partial charge in [0.05, 0.1) is 36.4 Å². The molecule has 0 aliphatic carbocycles. The van der Waals surface area contributed by atoms with E-state index in [-0.39, 0.29) is 42.2 Å². The van der Waals surface area contributed by atoms with Gasteiger partial charge in [0.25, 0.3) is 5.91 Å². The fourth-order valence-corrected chi connectivity index (χ4v) is 6.10. The predicted molar refractivity (Wildman–Crippen MR) is 147 cm³/mol. The van der Waals surface area contributed by atoms with E-state index < -0.39 is 12.1 Å². The van der Waals surface area contributed by atoms with Crippen LogP contribution in [0.15, 0.2) is 29.5 Å². The molecule has 212 valence electrons. The minimum absolute atomic E-state index is 0.0930. The van der Waals surface area contributed by atoms with Crippen LogP contribution in [0.1, 0.15) is 69.7 Å². The van der Waals surface area contributed by atoms with Gasteiger partial charge >= 0.3 is 12.0 Å². The van der Waals surface area contributed by atoms with Crippen molar-refractivity contribution in [2.45, 2.75) is 72.9 Å². The fourth-order valence-electron chi connectivity index (χ4n) is 6.10. The zero-order valence-corrected chi connectivity index (χ0v) is 24.1. The van der Waals surface area contributed by atoms with Crippen molar-refractivity contribution in [2.24, 2.45) is 11.8 Å². The van der Waals surface area contributed by atoms with Gasteiger partial charge in [0, 0.05) is 19.6 Å². The number of carbonyl (C=O) groups excluding carboxylic acids is 4. The van der Waals surface area contributed by atoms with Crippen LogP contribution in [-0.4, -0.2) is 77.3 Å². The van der Waals surface area contributed by atoms with Crippen LogP contribution in [0.25, 0.3) is 0 Å². The highest BCUT2D eigenvalue weighted by atomic mass is 16.5. The molecule has 3 aliphatic heterocycles. The largest absolute Gasteiger partial charge is 0.466 e. The summed E-state index contributed by atoms with van der Waals surface area (Å²) in [7, 11) is 0. The molecule has 1 aromatic carbocycles. The maximum atomic E-state index is 14.2. The first kappa shape index (κ1) is 28.6. The molecule has 0 aromatic heterocycles. The van der Waals surface area contributed by atoms with E-state index in [0.29, 0.717) is 56.8 Å². The van der Waals surface area contributed by atoms with Crippen LogP contribution in [-0.2, 0) is 19.1 Å². The van der Waals surface area contributed by atoms with E-state index in [4.69, 9.17) is 4.74 Å². The molecule has 39 heavy (non-hydrogen) atoms. The standard InChI is InChI=1S/C30H42N4O5/c1-7-33-24-17-34(28(36)25(24)26(31-30(33)38)22-10-9-19(5)16-20(22)6)23(15-18(3)4)27(35)32-13-11-21(12-14-32)29(37)39-8-2/h9-10,16,18,21,23,26H,7-8,11-15,17H2,1-6H3,(H,31,38)/t23-,26-/m1/s1. The molecule has 0 spiro atoms. The predicted octanol–water partition coefficient (Wildman–Crippen LogP) is 3.70. The van der Waals surface area contributed by atoms with Crippen molar-refractivity contribution in [1.82, 2.24) is 20.0 Å². The average Bonchev–Trinajstić information content (AvgIpc) is 3.23. The van der Waals surface area contributed by atoms with Crippen molar-refractivity contribution >= 4 is 23.8 Å². The molecule has 1 N–H and O–H groups in total. The van der Waals surface area contributed by atoms with Crippen molar-refractivity contribution in [3.05, 3.63) is 46.2 Å². The van der Waals surface area contributed by atoms with Gasteiger partial charge in [-0.3, -0.25) is 19.3 Å². The minimum Gasteiger partial charge on any atom is -0.466 e. The normalized spacial score (nSPS) is 20.9. The number of urea groups is 1. The zero-order valence-electron chi connectivity index (χ0n) is 24.1. The van der Waals surface area contributed by atoms with E-state index in [0.717, 1.165) is 16.7 Å². The summed E-state index contributed by atoms with van der Waals surface area (Å²) in [5.41, 5.74) is 4.23. The summed E-state index contributed by atoms with van der Waals surface area (Å²) < 4.78 is 5.18. The Labute approximate surface area is 231 Å². The molecule has 9 heteroatoms. The molecule has 1 fully saturated rings. The molecule has 4 rings (SSSR count). The van der Waals surface area contributed by atoms with Crippen LogP contribution in [0.2, 0.25) is 0 Å². The highest BCUT2D eigenvalue weighted by molar-refractivity contribution is 6.03. The number of ether oxygens (including phenoxy) is 1. The van der Waals surface area contributed by atoms with Crippen LogP contribution in [0.4, 0.5) is 4.79 Å². The van der Waals surface area contributed by atoms with Crippen molar-refractivity contribution in [2.75, 3.05) is 32.8 Å². The lowest BCUT2D eigenvalue weighted by Gasteiger charge is -2.37. The van der Waals surface area contributed by atoms with Crippen molar-refractivity contribution in [3.63, 3.8) is 0 Å². The van der Waals surface area contributed by atoms with Gasteiger partial charge in [-0.2, -0.15) is 0 Å². The molecule has 9 nitrogen and oxygen atoms in total. The Morgan fingerprint density at radius 2 is 1.79 bits per heavy atom. The second kappa shape index (κ2) is 11.8. The first-order valence-electron chi connectivity index (χ1n) is 14.2. The summed E-state index contributed by atoms with van der Waals surface area (Å²) in [5, 5.41) is 3.06. The summed E-state index contributed by atoms with van der Waals surface area (Å²) in [6.07, 6.45) is 1.63. The summed E-state index contributed by atoms with van der Waals surface area (Å²) in [6.45, 7) is 13.7. The lowest BCUT2D eigenvalue weighted by molar-refractivity contribution is -0.152. The molecular weight excluding hydrogens is 496 g/mol. The Hall–Kier alpha value is -3.36. The van der Waals surface area contributed by atoms with Crippen molar-refractivity contribution < 1.29 is 23.9 Å². The van der Waals surface area contributed by atoms with E-state index in [9.17, 15) is 19.2 Å². The van der Waals surface area contributed by atoms with Gasteiger partial charge in [-0.1, -0.05) is 37.6 Å². The van der Waals surface area contributed by atoms with E-state index in [1.807, 2.05) is 46.8 Å². The smallest absolute Gasteiger partial charge is 0.322 e. The number of likely N-dealkylation sites (N-methyl/N-ethyl adjacent to an activating group) is 1. The first-order chi connectivity index (χ1) is 18.6. The van der Waals surface area contributed by atoms with Gasteiger partial charge in [0.2, 0.25) is 5.91 Å². The average molecular weight is 539 g/mol. The Bertz CT molecular complexity index is 1170. The fraction of sp³-hybridized carbons (Fsp3) is 0.600. The molecule has 0 bridgehead atoms. The molecule has 0 saturated carbocycles. The monoisotopic (exact) mass is 538 g/mol. The van der Waals surface area contributed by atoms with E-state index in [1.54, 1.807) is 21.6 Å². The van der Waals surface area contributed by atoms with Crippen LogP contribution in [0.5, 0.6) is 0 Å². The number of carbonyl (C=O) groups is 4. The summed E-state index contributed by atoms with van der Waals surface area (Å²) in [4.78, 5) is 58.5. The van der Waals surface area contributed by atoms with Crippen LogP contribution >= 0.6 is 0 Å². The number of piperidine rings is 1. The van der Waals surface area contributed by atoms with Crippen molar-refractivity contribution in [1.29, 1.82) is 0 Å². The topological polar surface area (TPSA) is 99.3 Å². The quantitative estimate of drug-likeness (QED) is 0.509. The lowest BCUT2D eigenvalue weighted by Crippen LogP contribution is -2.53. The first-order valence-corrected chi connectivity index (χ1v) is 14.2. The third-order valence-corrected chi connectivity index (χ3v) is 8.08. The summed E-state index contributed by atoms with van der Waals surface area (Å²) in [6, 6.07) is 4.57. The number of likely N-dealkylation sites (tertiary alicyclic amines) is 1.